The van der Waals surface area contributed by atoms with E-state index in [-0.39, 0.29) is 17.3 Å². The van der Waals surface area contributed by atoms with Gasteiger partial charge in [-0.25, -0.2) is 8.42 Å². The molecule has 0 amide bonds. The maximum atomic E-state index is 12.1. The fourth-order valence-electron chi connectivity index (χ4n) is 1.51. The Hall–Kier alpha value is 0.01000. The van der Waals surface area contributed by atoms with Crippen LogP contribution in [0.2, 0.25) is 0 Å². The molecule has 0 radical (unpaired) electrons. The number of thiophene rings is 1. The quantitative estimate of drug-likeness (QED) is 0.815. The zero-order valence-corrected chi connectivity index (χ0v) is 11.3. The molecular weight excluding hydrogens is 318 g/mol. The van der Waals surface area contributed by atoms with E-state index in [1.165, 1.54) is 0 Å². The summed E-state index contributed by atoms with van der Waals surface area (Å²) in [5, 5.41) is 20.3. The van der Waals surface area contributed by atoms with Gasteiger partial charge in [-0.3, -0.25) is 0 Å². The third-order valence-corrected chi connectivity index (χ3v) is 6.86. The smallest absolute Gasteiger partial charge is 0.253 e. The van der Waals surface area contributed by atoms with Crippen molar-refractivity contribution in [1.29, 1.82) is 0 Å². The van der Waals surface area contributed by atoms with Crippen molar-refractivity contribution >= 4 is 37.3 Å². The molecule has 16 heavy (non-hydrogen) atoms. The monoisotopic (exact) mass is 327 g/mol. The highest BCUT2D eigenvalue weighted by atomic mass is 79.9. The van der Waals surface area contributed by atoms with Crippen molar-refractivity contribution in [3.8, 4) is 0 Å². The minimum Gasteiger partial charge on any atom is -0.389 e. The second kappa shape index (κ2) is 4.35. The third kappa shape index (κ3) is 2.05. The first-order valence-electron chi connectivity index (χ1n) is 4.52. The summed E-state index contributed by atoms with van der Waals surface area (Å²) in [5.41, 5.74) is 0. The van der Waals surface area contributed by atoms with Gasteiger partial charge in [0.15, 0.2) is 0 Å². The summed E-state index contributed by atoms with van der Waals surface area (Å²) >= 11 is 4.27. The molecule has 1 aliphatic heterocycles. The molecule has 0 aromatic carbocycles. The Morgan fingerprint density at radius 3 is 2.38 bits per heavy atom. The number of sulfonamides is 1. The Morgan fingerprint density at radius 2 is 1.94 bits per heavy atom. The van der Waals surface area contributed by atoms with Crippen LogP contribution in [0.25, 0.3) is 0 Å². The molecule has 0 spiro atoms. The maximum Gasteiger partial charge on any atom is 0.253 e. The Morgan fingerprint density at radius 1 is 1.38 bits per heavy atom. The molecular formula is C8H10BrNO4S2. The lowest BCUT2D eigenvalue weighted by atomic mass is 10.3. The molecule has 1 aromatic heterocycles. The molecule has 2 rings (SSSR count). The summed E-state index contributed by atoms with van der Waals surface area (Å²) < 4.78 is 26.0. The van der Waals surface area contributed by atoms with Crippen LogP contribution in [-0.2, 0) is 10.0 Å². The molecule has 1 fully saturated rings. The fraction of sp³-hybridized carbons (Fsp3) is 0.500. The zero-order valence-electron chi connectivity index (χ0n) is 8.08. The second-order valence-corrected chi connectivity index (χ2v) is 7.42. The lowest BCUT2D eigenvalue weighted by Gasteiger charge is -2.14. The van der Waals surface area contributed by atoms with Crippen LogP contribution in [0.4, 0.5) is 0 Å². The van der Waals surface area contributed by atoms with Crippen LogP contribution < -0.4 is 0 Å². The predicted molar refractivity (Wildman–Crippen MR) is 62.8 cm³/mol. The van der Waals surface area contributed by atoms with Gasteiger partial charge < -0.3 is 10.2 Å². The predicted octanol–water partition coefficient (Wildman–Crippen LogP) is 0.237. The Kier molecular flexibility index (Phi) is 3.39. The van der Waals surface area contributed by atoms with Gasteiger partial charge in [-0.1, -0.05) is 0 Å². The van der Waals surface area contributed by atoms with Gasteiger partial charge in [-0.15, -0.1) is 11.3 Å². The summed E-state index contributed by atoms with van der Waals surface area (Å²) in [6.07, 6.45) is -2.01. The number of halogens is 1. The van der Waals surface area contributed by atoms with Crippen LogP contribution in [0.5, 0.6) is 0 Å². The molecule has 8 heteroatoms. The highest BCUT2D eigenvalue weighted by Crippen LogP contribution is 2.31. The van der Waals surface area contributed by atoms with E-state index >= 15 is 0 Å². The molecule has 2 atom stereocenters. The van der Waals surface area contributed by atoms with Gasteiger partial charge in [0.1, 0.15) is 4.21 Å². The molecule has 1 saturated heterocycles. The largest absolute Gasteiger partial charge is 0.389 e. The molecule has 2 N–H and O–H groups in total. The van der Waals surface area contributed by atoms with Crippen molar-refractivity contribution < 1.29 is 18.6 Å². The van der Waals surface area contributed by atoms with Gasteiger partial charge in [0.2, 0.25) is 0 Å². The number of hydrogen-bond acceptors (Lipinski definition) is 5. The number of β-amino-alcohol motifs (C(OH)–C–C–N with tert-alkyl or cyclic N) is 2. The summed E-state index contributed by atoms with van der Waals surface area (Å²) in [7, 11) is -3.61. The molecule has 0 saturated carbocycles. The van der Waals surface area contributed by atoms with Gasteiger partial charge in [0.05, 0.1) is 12.2 Å². The summed E-state index contributed by atoms with van der Waals surface area (Å²) in [6.45, 7) is -0.123. The highest BCUT2D eigenvalue weighted by molar-refractivity contribution is 9.10. The number of rotatable bonds is 2. The van der Waals surface area contributed by atoms with Crippen LogP contribution in [0.15, 0.2) is 20.1 Å². The van der Waals surface area contributed by atoms with Gasteiger partial charge >= 0.3 is 0 Å². The average Bonchev–Trinajstić information content (AvgIpc) is 2.75. The lowest BCUT2D eigenvalue weighted by molar-refractivity contribution is 0.0572. The molecule has 2 heterocycles. The average molecular weight is 328 g/mol. The number of nitrogens with zero attached hydrogens (tertiary/aromatic N) is 1. The maximum absolute atomic E-state index is 12.1. The van der Waals surface area contributed by atoms with Gasteiger partial charge in [0.25, 0.3) is 10.0 Å². The van der Waals surface area contributed by atoms with Gasteiger partial charge in [-0.2, -0.15) is 4.31 Å². The van der Waals surface area contributed by atoms with Crippen LogP contribution in [0.1, 0.15) is 0 Å². The first kappa shape index (κ1) is 12.5. The number of aliphatic hydroxyl groups is 2. The van der Waals surface area contributed by atoms with E-state index in [1.54, 1.807) is 11.4 Å². The normalized spacial score (nSPS) is 27.4. The minimum atomic E-state index is -3.61. The summed E-state index contributed by atoms with van der Waals surface area (Å²) in [6, 6.07) is 1.65. The molecule has 2 unspecified atom stereocenters. The summed E-state index contributed by atoms with van der Waals surface area (Å²) in [5.74, 6) is 0. The van der Waals surface area contributed by atoms with Gasteiger partial charge in [-0.05, 0) is 27.4 Å². The highest BCUT2D eigenvalue weighted by Gasteiger charge is 2.38. The lowest BCUT2D eigenvalue weighted by Crippen LogP contribution is -2.29. The van der Waals surface area contributed by atoms with Crippen molar-refractivity contribution in [2.75, 3.05) is 13.1 Å². The standard InChI is InChI=1S/C8H10BrNO4S2/c9-5-1-2-15-8(5)16(13,14)10-3-6(11)7(12)4-10/h1-2,6-7,11-12H,3-4H2. The Bertz CT molecular complexity index is 476. The van der Waals surface area contributed by atoms with Crippen LogP contribution in [0.3, 0.4) is 0 Å². The van der Waals surface area contributed by atoms with Crippen LogP contribution in [-0.4, -0.2) is 48.2 Å². The topological polar surface area (TPSA) is 77.8 Å². The molecule has 5 nitrogen and oxygen atoms in total. The first-order valence-corrected chi connectivity index (χ1v) is 7.63. The molecule has 90 valence electrons. The Labute approximate surface area is 106 Å². The van der Waals surface area contributed by atoms with Crippen molar-refractivity contribution in [2.24, 2.45) is 0 Å². The van der Waals surface area contributed by atoms with E-state index < -0.39 is 22.2 Å². The van der Waals surface area contributed by atoms with E-state index in [4.69, 9.17) is 0 Å². The van der Waals surface area contributed by atoms with E-state index in [0.717, 1.165) is 15.6 Å². The van der Waals surface area contributed by atoms with E-state index in [0.29, 0.717) is 4.47 Å². The first-order chi connectivity index (χ1) is 7.43. The van der Waals surface area contributed by atoms with Crippen molar-refractivity contribution in [2.45, 2.75) is 16.4 Å². The second-order valence-electron chi connectivity index (χ2n) is 3.51. The molecule has 1 aliphatic rings. The zero-order chi connectivity index (χ0) is 11.9. The molecule has 1 aromatic rings. The number of hydrogen-bond donors (Lipinski definition) is 2. The van der Waals surface area contributed by atoms with Crippen molar-refractivity contribution in [1.82, 2.24) is 4.31 Å². The van der Waals surface area contributed by atoms with Gasteiger partial charge in [0, 0.05) is 17.6 Å². The van der Waals surface area contributed by atoms with Crippen molar-refractivity contribution in [3.05, 3.63) is 15.9 Å². The Balaban J connectivity index is 2.31. The molecule has 0 aliphatic carbocycles. The molecule has 0 bridgehead atoms. The van der Waals surface area contributed by atoms with E-state index in [9.17, 15) is 18.6 Å². The SMILES string of the molecule is O=S(=O)(c1sccc1Br)N1CC(O)C(O)C1. The van der Waals surface area contributed by atoms with E-state index in [1.807, 2.05) is 0 Å². The fourth-order valence-corrected chi connectivity index (χ4v) is 5.44. The minimum absolute atomic E-state index is 0.0617. The van der Waals surface area contributed by atoms with Crippen LogP contribution >= 0.6 is 27.3 Å². The summed E-state index contributed by atoms with van der Waals surface area (Å²) in [4.78, 5) is 0. The third-order valence-electron chi connectivity index (χ3n) is 2.38. The van der Waals surface area contributed by atoms with Crippen LogP contribution in [0, 0.1) is 0 Å². The van der Waals surface area contributed by atoms with E-state index in [2.05, 4.69) is 15.9 Å². The number of aliphatic hydroxyl groups excluding tert-OH is 2. The van der Waals surface area contributed by atoms with Crippen molar-refractivity contribution in [3.63, 3.8) is 0 Å².